The Morgan fingerprint density at radius 1 is 0.914 bits per heavy atom. The summed E-state index contributed by atoms with van der Waals surface area (Å²) in [4.78, 5) is 26.8. The number of esters is 1. The fraction of sp³-hybridized carbons (Fsp3) is 0.370. The highest BCUT2D eigenvalue weighted by atomic mass is 16.6. The van der Waals surface area contributed by atoms with E-state index in [9.17, 15) is 9.59 Å². The van der Waals surface area contributed by atoms with Gasteiger partial charge < -0.3 is 14.2 Å². The molecule has 0 aliphatic rings. The Kier molecular flexibility index (Phi) is 8.30. The topological polar surface area (TPSA) is 82.9 Å². The van der Waals surface area contributed by atoms with Crippen molar-refractivity contribution in [3.8, 4) is 5.69 Å². The van der Waals surface area contributed by atoms with E-state index in [0.717, 1.165) is 22.4 Å². The van der Waals surface area contributed by atoms with E-state index in [1.54, 1.807) is 22.8 Å². The number of methoxy groups -OCH3 is 2. The molecular weight excluding hydrogens is 446 g/mol. The summed E-state index contributed by atoms with van der Waals surface area (Å²) in [6, 6.07) is 17.2. The normalized spacial score (nSPS) is 11.3. The molecule has 1 heterocycles. The van der Waals surface area contributed by atoms with E-state index >= 15 is 0 Å². The molecule has 3 rings (SSSR count). The molecule has 8 heteroatoms. The van der Waals surface area contributed by atoms with E-state index < -0.39 is 17.7 Å². The number of carbonyl (C=O) groups excluding carboxylic acids is 2. The third-order valence-corrected chi connectivity index (χ3v) is 5.14. The van der Waals surface area contributed by atoms with Crippen LogP contribution in [-0.4, -0.2) is 46.6 Å². The quantitative estimate of drug-likeness (QED) is 0.421. The maximum Gasteiger partial charge on any atom is 0.410 e. The first-order chi connectivity index (χ1) is 16.6. The van der Waals surface area contributed by atoms with E-state index in [4.69, 9.17) is 14.2 Å². The highest BCUT2D eigenvalue weighted by molar-refractivity contribution is 5.88. The summed E-state index contributed by atoms with van der Waals surface area (Å²) in [6.07, 6.45) is -0.391. The number of amides is 1. The van der Waals surface area contributed by atoms with Gasteiger partial charge in [-0.3, -0.25) is 4.90 Å². The number of nitrogens with zero attached hydrogens (tertiary/aromatic N) is 3. The van der Waals surface area contributed by atoms with Gasteiger partial charge in [-0.1, -0.05) is 36.4 Å². The first-order valence-corrected chi connectivity index (χ1v) is 11.4. The summed E-state index contributed by atoms with van der Waals surface area (Å²) in [7, 11) is 3.00. The number of aryl methyl sites for hydroxylation is 1. The summed E-state index contributed by atoms with van der Waals surface area (Å²) < 4.78 is 17.3. The Hall–Kier alpha value is -3.65. The van der Waals surface area contributed by atoms with Crippen LogP contribution in [0.5, 0.6) is 0 Å². The maximum absolute atomic E-state index is 13.0. The van der Waals surface area contributed by atoms with Crippen molar-refractivity contribution >= 4 is 12.1 Å². The van der Waals surface area contributed by atoms with Gasteiger partial charge in [-0.15, -0.1) is 0 Å². The van der Waals surface area contributed by atoms with Crippen molar-refractivity contribution in [1.29, 1.82) is 0 Å². The molecule has 1 amide bonds. The number of ether oxygens (including phenoxy) is 3. The standard InChI is InChI=1S/C27H33N3O5/c1-19-15-24(25(31)34-6)30(28-19)23-13-11-21(12-14-23)17-29(26(32)35-27(2,3)4)16-20-7-9-22(10-8-20)18-33-5/h7-15H,16-18H2,1-6H3. The van der Waals surface area contributed by atoms with Crippen LogP contribution < -0.4 is 0 Å². The molecule has 0 radical (unpaired) electrons. The van der Waals surface area contributed by atoms with Crippen LogP contribution in [0.4, 0.5) is 4.79 Å². The van der Waals surface area contributed by atoms with Crippen LogP contribution in [0, 0.1) is 6.92 Å². The molecule has 2 aromatic carbocycles. The first kappa shape index (κ1) is 26.0. The summed E-state index contributed by atoms with van der Waals surface area (Å²) in [6.45, 7) is 8.66. The predicted octanol–water partition coefficient (Wildman–Crippen LogP) is 5.05. The molecule has 186 valence electrons. The Bertz CT molecular complexity index is 1150. The second-order valence-corrected chi connectivity index (χ2v) is 9.33. The van der Waals surface area contributed by atoms with Crippen LogP contribution >= 0.6 is 0 Å². The molecule has 3 aromatic rings. The van der Waals surface area contributed by atoms with E-state index in [0.29, 0.717) is 31.1 Å². The maximum atomic E-state index is 13.0. The van der Waals surface area contributed by atoms with Gasteiger partial charge in [-0.25, -0.2) is 14.3 Å². The molecule has 35 heavy (non-hydrogen) atoms. The number of hydrogen-bond donors (Lipinski definition) is 0. The van der Waals surface area contributed by atoms with Crippen LogP contribution in [0.1, 0.15) is 53.6 Å². The van der Waals surface area contributed by atoms with Crippen molar-refractivity contribution in [3.63, 3.8) is 0 Å². The Balaban J connectivity index is 1.82. The van der Waals surface area contributed by atoms with Gasteiger partial charge in [0.15, 0.2) is 5.69 Å². The second kappa shape index (κ2) is 11.2. The minimum atomic E-state index is -0.607. The van der Waals surface area contributed by atoms with Gasteiger partial charge in [-0.05, 0) is 62.6 Å². The van der Waals surface area contributed by atoms with Crippen molar-refractivity contribution in [2.24, 2.45) is 0 Å². The number of aromatic nitrogens is 2. The fourth-order valence-electron chi connectivity index (χ4n) is 3.55. The minimum absolute atomic E-state index is 0.352. The lowest BCUT2D eigenvalue weighted by atomic mass is 10.1. The lowest BCUT2D eigenvalue weighted by molar-refractivity contribution is 0.0216. The molecule has 0 fully saturated rings. The molecule has 0 unspecified atom stereocenters. The van der Waals surface area contributed by atoms with E-state index in [1.807, 2.05) is 76.2 Å². The zero-order valence-corrected chi connectivity index (χ0v) is 21.2. The van der Waals surface area contributed by atoms with Crippen LogP contribution in [0.15, 0.2) is 54.6 Å². The largest absolute Gasteiger partial charge is 0.464 e. The molecular formula is C27H33N3O5. The summed E-state index contributed by atoms with van der Waals surface area (Å²) in [5.41, 5.74) is 4.15. The van der Waals surface area contributed by atoms with Gasteiger partial charge in [0.25, 0.3) is 0 Å². The van der Waals surface area contributed by atoms with Crippen molar-refractivity contribution in [2.45, 2.75) is 53.0 Å². The Morgan fingerprint density at radius 2 is 1.46 bits per heavy atom. The number of rotatable bonds is 8. The number of benzene rings is 2. The highest BCUT2D eigenvalue weighted by Crippen LogP contribution is 2.19. The lowest BCUT2D eigenvalue weighted by Gasteiger charge is -2.27. The average molecular weight is 480 g/mol. The molecule has 0 atom stereocenters. The van der Waals surface area contributed by atoms with Crippen LogP contribution in [-0.2, 0) is 33.9 Å². The van der Waals surface area contributed by atoms with Gasteiger partial charge in [0.05, 0.1) is 25.1 Å². The van der Waals surface area contributed by atoms with E-state index in [1.165, 1.54) is 7.11 Å². The van der Waals surface area contributed by atoms with Gasteiger partial charge in [0.1, 0.15) is 5.60 Å². The van der Waals surface area contributed by atoms with Crippen LogP contribution in [0.25, 0.3) is 5.69 Å². The molecule has 0 N–H and O–H groups in total. The molecule has 0 bridgehead atoms. The van der Waals surface area contributed by atoms with Crippen LogP contribution in [0.2, 0.25) is 0 Å². The molecule has 1 aromatic heterocycles. The number of carbonyl (C=O) groups is 2. The average Bonchev–Trinajstić information content (AvgIpc) is 3.20. The van der Waals surface area contributed by atoms with Gasteiger partial charge >= 0.3 is 12.1 Å². The summed E-state index contributed by atoms with van der Waals surface area (Å²) in [5.74, 6) is -0.456. The monoisotopic (exact) mass is 479 g/mol. The Labute approximate surface area is 206 Å². The third-order valence-electron chi connectivity index (χ3n) is 5.14. The number of hydrogen-bond acceptors (Lipinski definition) is 6. The van der Waals surface area contributed by atoms with Crippen molar-refractivity contribution in [1.82, 2.24) is 14.7 Å². The van der Waals surface area contributed by atoms with Crippen molar-refractivity contribution < 1.29 is 23.8 Å². The van der Waals surface area contributed by atoms with E-state index in [-0.39, 0.29) is 0 Å². The van der Waals surface area contributed by atoms with Crippen molar-refractivity contribution in [2.75, 3.05) is 14.2 Å². The first-order valence-electron chi connectivity index (χ1n) is 11.4. The zero-order valence-electron chi connectivity index (χ0n) is 21.2. The van der Waals surface area contributed by atoms with Gasteiger partial charge in [0.2, 0.25) is 0 Å². The SMILES string of the molecule is COCc1ccc(CN(Cc2ccc(-n3nc(C)cc3C(=O)OC)cc2)C(=O)OC(C)(C)C)cc1. The minimum Gasteiger partial charge on any atom is -0.464 e. The van der Waals surface area contributed by atoms with Crippen molar-refractivity contribution in [3.05, 3.63) is 82.7 Å². The van der Waals surface area contributed by atoms with Gasteiger partial charge in [-0.2, -0.15) is 5.10 Å². The summed E-state index contributed by atoms with van der Waals surface area (Å²) in [5, 5.41) is 4.41. The lowest BCUT2D eigenvalue weighted by Crippen LogP contribution is -2.36. The fourth-order valence-corrected chi connectivity index (χ4v) is 3.55. The molecule has 0 aliphatic carbocycles. The smallest absolute Gasteiger partial charge is 0.410 e. The van der Waals surface area contributed by atoms with E-state index in [2.05, 4.69) is 5.10 Å². The summed E-state index contributed by atoms with van der Waals surface area (Å²) >= 11 is 0. The van der Waals surface area contributed by atoms with Gasteiger partial charge in [0, 0.05) is 20.2 Å². The molecule has 0 saturated carbocycles. The molecule has 0 spiro atoms. The molecule has 0 saturated heterocycles. The third kappa shape index (κ3) is 7.16. The molecule has 8 nitrogen and oxygen atoms in total. The highest BCUT2D eigenvalue weighted by Gasteiger charge is 2.23. The Morgan fingerprint density at radius 3 is 1.97 bits per heavy atom. The van der Waals surface area contributed by atoms with Crippen LogP contribution in [0.3, 0.4) is 0 Å². The predicted molar refractivity (Wildman–Crippen MR) is 132 cm³/mol. The zero-order chi connectivity index (χ0) is 25.6. The second-order valence-electron chi connectivity index (χ2n) is 9.33. The molecule has 0 aliphatic heterocycles.